The summed E-state index contributed by atoms with van der Waals surface area (Å²) in [7, 11) is 0. The molecule has 0 saturated carbocycles. The van der Waals surface area contributed by atoms with Crippen molar-refractivity contribution in [1.29, 1.82) is 0 Å². The van der Waals surface area contributed by atoms with Gasteiger partial charge in [-0.1, -0.05) is 29.4 Å². The lowest BCUT2D eigenvalue weighted by Gasteiger charge is -2.06. The lowest BCUT2D eigenvalue weighted by Crippen LogP contribution is -2.21. The predicted molar refractivity (Wildman–Crippen MR) is 89.8 cm³/mol. The number of rotatable bonds is 5. The van der Waals surface area contributed by atoms with Crippen LogP contribution in [0.2, 0.25) is 0 Å². The number of anilines is 1. The van der Waals surface area contributed by atoms with Crippen molar-refractivity contribution in [3.8, 4) is 11.5 Å². The molecule has 0 unspecified atom stereocenters. The molecule has 1 heterocycles. The molecule has 3 aromatic rings. The molecule has 0 aliphatic rings. The number of nitrogens with zero attached hydrogens (tertiary/aromatic N) is 2. The molecule has 132 valence electrons. The molecule has 0 saturated heterocycles. The standard InChI is InChI=1S/C18H14FN3O4/c1-11-7-8-13(19)9-14(11)17(24)25-10-15(23)20-18-22-21-16(26-18)12-5-3-2-4-6-12/h2-9H,10H2,1H3,(H,20,22,23). The fourth-order valence-corrected chi connectivity index (χ4v) is 2.15. The largest absolute Gasteiger partial charge is 0.452 e. The summed E-state index contributed by atoms with van der Waals surface area (Å²) >= 11 is 0. The van der Waals surface area contributed by atoms with Crippen molar-refractivity contribution in [2.24, 2.45) is 0 Å². The van der Waals surface area contributed by atoms with Crippen LogP contribution in [0.15, 0.2) is 52.9 Å². The highest BCUT2D eigenvalue weighted by atomic mass is 19.1. The van der Waals surface area contributed by atoms with E-state index in [1.54, 1.807) is 19.1 Å². The number of benzene rings is 2. The Hall–Kier alpha value is -3.55. The molecule has 0 atom stereocenters. The third kappa shape index (κ3) is 4.10. The molecule has 1 aromatic heterocycles. The Balaban J connectivity index is 1.57. The van der Waals surface area contributed by atoms with Crippen LogP contribution in [0.4, 0.5) is 10.4 Å². The number of esters is 1. The van der Waals surface area contributed by atoms with Crippen LogP contribution in [0.3, 0.4) is 0 Å². The summed E-state index contributed by atoms with van der Waals surface area (Å²) in [5, 5.41) is 9.86. The average molecular weight is 355 g/mol. The monoisotopic (exact) mass is 355 g/mol. The number of aromatic nitrogens is 2. The number of ether oxygens (including phenoxy) is 1. The van der Waals surface area contributed by atoms with Crippen LogP contribution in [0, 0.1) is 12.7 Å². The van der Waals surface area contributed by atoms with Gasteiger partial charge in [-0.15, -0.1) is 5.10 Å². The van der Waals surface area contributed by atoms with Gasteiger partial charge >= 0.3 is 12.0 Å². The van der Waals surface area contributed by atoms with Crippen LogP contribution in [-0.4, -0.2) is 28.7 Å². The van der Waals surface area contributed by atoms with Crippen LogP contribution >= 0.6 is 0 Å². The number of hydrogen-bond acceptors (Lipinski definition) is 6. The minimum absolute atomic E-state index is 0.0574. The Morgan fingerprint density at radius 3 is 2.69 bits per heavy atom. The summed E-state index contributed by atoms with van der Waals surface area (Å²) in [5.41, 5.74) is 1.30. The van der Waals surface area contributed by atoms with E-state index >= 15 is 0 Å². The third-order valence-electron chi connectivity index (χ3n) is 3.45. The number of carbonyl (C=O) groups excluding carboxylic acids is 2. The van der Waals surface area contributed by atoms with Crippen LogP contribution < -0.4 is 5.32 Å². The molecule has 2 aromatic carbocycles. The molecule has 8 heteroatoms. The number of aryl methyl sites for hydroxylation is 1. The smallest absolute Gasteiger partial charge is 0.339 e. The zero-order valence-corrected chi connectivity index (χ0v) is 13.7. The van der Waals surface area contributed by atoms with Gasteiger partial charge in [0.15, 0.2) is 6.61 Å². The minimum atomic E-state index is -0.798. The molecule has 0 fully saturated rings. The van der Waals surface area contributed by atoms with Crippen LogP contribution in [-0.2, 0) is 9.53 Å². The first-order valence-corrected chi connectivity index (χ1v) is 7.65. The van der Waals surface area contributed by atoms with Gasteiger partial charge in [0.25, 0.3) is 5.91 Å². The summed E-state index contributed by atoms with van der Waals surface area (Å²) in [6.07, 6.45) is 0. The van der Waals surface area contributed by atoms with Crippen LogP contribution in [0.25, 0.3) is 11.5 Å². The number of nitrogens with one attached hydrogen (secondary N) is 1. The Kier molecular flexibility index (Phi) is 5.02. The first kappa shape index (κ1) is 17.3. The summed E-state index contributed by atoms with van der Waals surface area (Å²) in [5.74, 6) is -1.78. The Morgan fingerprint density at radius 1 is 1.15 bits per heavy atom. The molecule has 0 aliphatic carbocycles. The Morgan fingerprint density at radius 2 is 1.92 bits per heavy atom. The van der Waals surface area contributed by atoms with Crippen molar-refractivity contribution in [3.05, 3.63) is 65.5 Å². The SMILES string of the molecule is Cc1ccc(F)cc1C(=O)OCC(=O)Nc1nnc(-c2ccccc2)o1. The van der Waals surface area contributed by atoms with Gasteiger partial charge < -0.3 is 9.15 Å². The van der Waals surface area contributed by atoms with Crippen molar-refractivity contribution in [2.75, 3.05) is 11.9 Å². The zero-order chi connectivity index (χ0) is 18.5. The van der Waals surface area contributed by atoms with Gasteiger partial charge in [-0.25, -0.2) is 9.18 Å². The lowest BCUT2D eigenvalue weighted by atomic mass is 10.1. The molecule has 26 heavy (non-hydrogen) atoms. The van der Waals surface area contributed by atoms with Gasteiger partial charge in [-0.05, 0) is 36.8 Å². The van der Waals surface area contributed by atoms with Gasteiger partial charge in [0.05, 0.1) is 5.56 Å². The average Bonchev–Trinajstić information content (AvgIpc) is 3.11. The number of amides is 1. The van der Waals surface area contributed by atoms with E-state index in [4.69, 9.17) is 9.15 Å². The van der Waals surface area contributed by atoms with E-state index < -0.39 is 24.3 Å². The van der Waals surface area contributed by atoms with Crippen molar-refractivity contribution in [3.63, 3.8) is 0 Å². The highest BCUT2D eigenvalue weighted by molar-refractivity contribution is 5.95. The van der Waals surface area contributed by atoms with Crippen molar-refractivity contribution in [1.82, 2.24) is 10.2 Å². The topological polar surface area (TPSA) is 94.3 Å². The minimum Gasteiger partial charge on any atom is -0.452 e. The highest BCUT2D eigenvalue weighted by Gasteiger charge is 2.15. The first-order valence-electron chi connectivity index (χ1n) is 7.65. The summed E-state index contributed by atoms with van der Waals surface area (Å²) < 4.78 is 23.4. The van der Waals surface area contributed by atoms with E-state index in [1.165, 1.54) is 12.1 Å². The normalized spacial score (nSPS) is 10.4. The number of hydrogen-bond donors (Lipinski definition) is 1. The fraction of sp³-hybridized carbons (Fsp3) is 0.111. The van der Waals surface area contributed by atoms with E-state index in [0.717, 1.165) is 6.07 Å². The van der Waals surface area contributed by atoms with Crippen LogP contribution in [0.1, 0.15) is 15.9 Å². The predicted octanol–water partition coefficient (Wildman–Crippen LogP) is 2.98. The highest BCUT2D eigenvalue weighted by Crippen LogP contribution is 2.19. The van der Waals surface area contributed by atoms with E-state index in [2.05, 4.69) is 15.5 Å². The third-order valence-corrected chi connectivity index (χ3v) is 3.45. The number of carbonyl (C=O) groups is 2. The maximum atomic E-state index is 13.2. The second kappa shape index (κ2) is 7.56. The summed E-state index contributed by atoms with van der Waals surface area (Å²) in [6, 6.07) is 12.7. The van der Waals surface area contributed by atoms with E-state index in [9.17, 15) is 14.0 Å². The first-order chi connectivity index (χ1) is 12.5. The van der Waals surface area contributed by atoms with Gasteiger partial charge in [0.1, 0.15) is 5.82 Å². The van der Waals surface area contributed by atoms with Gasteiger partial charge in [-0.3, -0.25) is 10.1 Å². The van der Waals surface area contributed by atoms with Gasteiger partial charge in [0.2, 0.25) is 5.89 Å². The van der Waals surface area contributed by atoms with Crippen LogP contribution in [0.5, 0.6) is 0 Å². The molecule has 7 nitrogen and oxygen atoms in total. The molecule has 1 amide bonds. The summed E-state index contributed by atoms with van der Waals surface area (Å²) in [6.45, 7) is 1.07. The maximum absolute atomic E-state index is 13.2. The molecule has 0 radical (unpaired) electrons. The molecular weight excluding hydrogens is 341 g/mol. The van der Waals surface area contributed by atoms with E-state index in [0.29, 0.717) is 11.1 Å². The second-order valence-electron chi connectivity index (χ2n) is 5.36. The van der Waals surface area contributed by atoms with Crippen molar-refractivity contribution in [2.45, 2.75) is 6.92 Å². The van der Waals surface area contributed by atoms with E-state index in [-0.39, 0.29) is 17.5 Å². The van der Waals surface area contributed by atoms with Gasteiger partial charge in [0, 0.05) is 5.56 Å². The Bertz CT molecular complexity index is 941. The molecule has 0 aliphatic heterocycles. The van der Waals surface area contributed by atoms with E-state index in [1.807, 2.05) is 18.2 Å². The summed E-state index contributed by atoms with van der Waals surface area (Å²) in [4.78, 5) is 23.8. The zero-order valence-electron chi connectivity index (χ0n) is 13.7. The molecule has 1 N–H and O–H groups in total. The van der Waals surface area contributed by atoms with Crippen molar-refractivity contribution < 1.29 is 23.1 Å². The maximum Gasteiger partial charge on any atom is 0.339 e. The molecular formula is C18H14FN3O4. The molecule has 3 rings (SSSR count). The lowest BCUT2D eigenvalue weighted by molar-refractivity contribution is -0.119. The molecule has 0 bridgehead atoms. The second-order valence-corrected chi connectivity index (χ2v) is 5.36. The quantitative estimate of drug-likeness (QED) is 0.707. The molecule has 0 spiro atoms. The fourth-order valence-electron chi connectivity index (χ4n) is 2.15. The van der Waals surface area contributed by atoms with Crippen molar-refractivity contribution >= 4 is 17.9 Å². The van der Waals surface area contributed by atoms with Gasteiger partial charge in [-0.2, -0.15) is 0 Å². The number of halogens is 1. The Labute approximate surface area is 147 Å².